The fraction of sp³-hybridized carbons (Fsp3) is 0.567. The topological polar surface area (TPSA) is 87.7 Å². The average Bonchev–Trinajstić information content (AvgIpc) is 3.06. The number of rotatable bonds is 18. The first-order valence-electron chi connectivity index (χ1n) is 13.9. The molecule has 12 heteroatoms. The lowest BCUT2D eigenvalue weighted by Gasteiger charge is -2.37. The summed E-state index contributed by atoms with van der Waals surface area (Å²) >= 11 is 0. The Morgan fingerprint density at radius 2 is 1.29 bits per heavy atom. The Kier molecular flexibility index (Phi) is 14.5. The Balaban J connectivity index is 2.00. The predicted octanol–water partition coefficient (Wildman–Crippen LogP) is 4.20. The molecule has 0 saturated carbocycles. The van der Waals surface area contributed by atoms with Gasteiger partial charge in [-0.1, -0.05) is 60.7 Å². The fourth-order valence-electron chi connectivity index (χ4n) is 4.80. The number of benzene rings is 2. The highest BCUT2D eigenvalue weighted by Crippen LogP contribution is 2.29. The lowest BCUT2D eigenvalue weighted by Crippen LogP contribution is -2.53. The molecule has 3 rings (SSSR count). The van der Waals surface area contributed by atoms with Crippen LogP contribution >= 0.6 is 0 Å². The van der Waals surface area contributed by atoms with Crippen molar-refractivity contribution in [2.24, 2.45) is 0 Å². The van der Waals surface area contributed by atoms with E-state index in [2.05, 4.69) is 5.32 Å². The van der Waals surface area contributed by atoms with Crippen LogP contribution in [0.4, 0.5) is 18.0 Å². The molecule has 1 aliphatic heterocycles. The van der Waals surface area contributed by atoms with Crippen LogP contribution in [-0.4, -0.2) is 102 Å². The van der Waals surface area contributed by atoms with Crippen molar-refractivity contribution >= 4 is 6.03 Å². The van der Waals surface area contributed by atoms with Crippen molar-refractivity contribution in [3.8, 4) is 0 Å². The van der Waals surface area contributed by atoms with Gasteiger partial charge in [0.2, 0.25) is 0 Å². The molecule has 2 amide bonds. The molecule has 3 unspecified atom stereocenters. The van der Waals surface area contributed by atoms with Gasteiger partial charge in [0.15, 0.2) is 0 Å². The molecular formula is C30H41F3N2O7. The molecule has 2 aromatic carbocycles. The minimum Gasteiger partial charge on any atom is -0.382 e. The molecule has 0 aromatic heterocycles. The second kappa shape index (κ2) is 18.0. The summed E-state index contributed by atoms with van der Waals surface area (Å²) in [5.41, 5.74) is 1.74. The molecule has 2 aromatic rings. The summed E-state index contributed by atoms with van der Waals surface area (Å²) in [5, 5.41) is 2.95. The summed E-state index contributed by atoms with van der Waals surface area (Å²) in [7, 11) is 3.10. The predicted molar refractivity (Wildman–Crippen MR) is 149 cm³/mol. The Morgan fingerprint density at radius 1 is 0.762 bits per heavy atom. The molecule has 1 N–H and O–H groups in total. The third-order valence-corrected chi connectivity index (χ3v) is 6.84. The van der Waals surface area contributed by atoms with Crippen LogP contribution in [0.3, 0.4) is 0 Å². The monoisotopic (exact) mass is 598 g/mol. The molecule has 1 fully saturated rings. The molecule has 4 atom stereocenters. The van der Waals surface area contributed by atoms with Gasteiger partial charge in [0, 0.05) is 20.8 Å². The molecule has 234 valence electrons. The molecular weight excluding hydrogens is 557 g/mol. The van der Waals surface area contributed by atoms with Crippen molar-refractivity contribution in [3.63, 3.8) is 0 Å². The van der Waals surface area contributed by atoms with E-state index < -0.39 is 49.5 Å². The molecule has 0 radical (unpaired) electrons. The van der Waals surface area contributed by atoms with Crippen LogP contribution in [0, 0.1) is 0 Å². The summed E-state index contributed by atoms with van der Waals surface area (Å²) in [4.78, 5) is 14.9. The number of nitrogens with one attached hydrogen (secondary N) is 1. The number of alkyl halides is 3. The molecule has 0 bridgehead atoms. The number of ether oxygens (including phenoxy) is 6. The first-order valence-corrected chi connectivity index (χ1v) is 13.9. The van der Waals surface area contributed by atoms with E-state index in [0.717, 1.165) is 11.1 Å². The number of methoxy groups -OCH3 is 2. The number of carbonyl (C=O) groups is 1. The maximum absolute atomic E-state index is 13.7. The lowest BCUT2D eigenvalue weighted by atomic mass is 9.91. The summed E-state index contributed by atoms with van der Waals surface area (Å²) < 4.78 is 74.1. The molecule has 1 saturated heterocycles. The summed E-state index contributed by atoms with van der Waals surface area (Å²) in [6.07, 6.45) is -6.72. The molecule has 1 aliphatic rings. The zero-order chi connectivity index (χ0) is 30.2. The number of nitrogens with zero attached hydrogens (tertiary/aromatic N) is 1. The lowest BCUT2D eigenvalue weighted by molar-refractivity contribution is -0.189. The maximum atomic E-state index is 13.7. The highest BCUT2D eigenvalue weighted by molar-refractivity contribution is 5.75. The van der Waals surface area contributed by atoms with Gasteiger partial charge < -0.3 is 38.6 Å². The minimum absolute atomic E-state index is 0.139. The largest absolute Gasteiger partial charge is 0.390 e. The number of halogens is 3. The van der Waals surface area contributed by atoms with E-state index in [1.807, 2.05) is 60.7 Å². The number of carbonyl (C=O) groups excluding carboxylic acids is 1. The van der Waals surface area contributed by atoms with E-state index in [0.29, 0.717) is 19.6 Å². The smallest absolute Gasteiger partial charge is 0.382 e. The van der Waals surface area contributed by atoms with E-state index >= 15 is 0 Å². The van der Waals surface area contributed by atoms with Crippen LogP contribution in [0.2, 0.25) is 0 Å². The van der Waals surface area contributed by atoms with Crippen LogP contribution in [0.25, 0.3) is 0 Å². The number of urea groups is 1. The van der Waals surface area contributed by atoms with E-state index in [1.165, 1.54) is 4.90 Å². The summed E-state index contributed by atoms with van der Waals surface area (Å²) in [5.74, 6) is 0. The summed E-state index contributed by atoms with van der Waals surface area (Å²) in [6.45, 7) is 0.350. The normalized spacial score (nSPS) is 21.3. The van der Waals surface area contributed by atoms with Gasteiger partial charge in [-0.15, -0.1) is 0 Å². The molecule has 0 spiro atoms. The Bertz CT molecular complexity index is 1020. The SMILES string of the molecule is COCCOCOC1C(OCOCCOC)[C@H](Cc2ccccc2)NC(=O)N(CCC(F)(F)F)C1Cc1ccccc1. The van der Waals surface area contributed by atoms with Crippen LogP contribution in [-0.2, 0) is 41.3 Å². The zero-order valence-electron chi connectivity index (χ0n) is 24.1. The fourth-order valence-corrected chi connectivity index (χ4v) is 4.80. The van der Waals surface area contributed by atoms with Gasteiger partial charge in [0.25, 0.3) is 0 Å². The van der Waals surface area contributed by atoms with Crippen molar-refractivity contribution in [1.29, 1.82) is 0 Å². The first-order chi connectivity index (χ1) is 20.3. The first kappa shape index (κ1) is 33.8. The van der Waals surface area contributed by atoms with Crippen molar-refractivity contribution in [3.05, 3.63) is 71.8 Å². The van der Waals surface area contributed by atoms with Gasteiger partial charge in [0.1, 0.15) is 25.8 Å². The van der Waals surface area contributed by atoms with Gasteiger partial charge in [-0.05, 0) is 24.0 Å². The average molecular weight is 599 g/mol. The highest BCUT2D eigenvalue weighted by Gasteiger charge is 2.46. The van der Waals surface area contributed by atoms with Gasteiger partial charge in [-0.2, -0.15) is 13.2 Å². The van der Waals surface area contributed by atoms with Crippen LogP contribution in [0.5, 0.6) is 0 Å². The van der Waals surface area contributed by atoms with Gasteiger partial charge in [-0.25, -0.2) is 4.79 Å². The van der Waals surface area contributed by atoms with Crippen LogP contribution in [0.1, 0.15) is 17.5 Å². The maximum Gasteiger partial charge on any atom is 0.390 e. The van der Waals surface area contributed by atoms with Gasteiger partial charge >= 0.3 is 12.2 Å². The highest BCUT2D eigenvalue weighted by atomic mass is 19.4. The third-order valence-electron chi connectivity index (χ3n) is 6.84. The Hall–Kier alpha value is -2.74. The molecule has 1 heterocycles. The van der Waals surface area contributed by atoms with Crippen molar-refractivity contribution in [2.75, 3.05) is 60.8 Å². The quantitative estimate of drug-likeness (QED) is 0.203. The van der Waals surface area contributed by atoms with E-state index in [-0.39, 0.29) is 33.2 Å². The second-order valence-electron chi connectivity index (χ2n) is 9.86. The van der Waals surface area contributed by atoms with Crippen LogP contribution in [0.15, 0.2) is 60.7 Å². The van der Waals surface area contributed by atoms with Gasteiger partial charge in [0.05, 0.1) is 44.9 Å². The third kappa shape index (κ3) is 11.5. The number of hydrogen-bond donors (Lipinski definition) is 1. The van der Waals surface area contributed by atoms with E-state index in [9.17, 15) is 18.0 Å². The second-order valence-corrected chi connectivity index (χ2v) is 9.86. The number of hydrogen-bond acceptors (Lipinski definition) is 7. The number of amides is 2. The molecule has 42 heavy (non-hydrogen) atoms. The van der Waals surface area contributed by atoms with Crippen molar-refractivity contribution in [1.82, 2.24) is 10.2 Å². The Labute approximate surface area is 245 Å². The van der Waals surface area contributed by atoms with Crippen LogP contribution < -0.4 is 5.32 Å². The molecule has 9 nitrogen and oxygen atoms in total. The standard InChI is InChI=1S/C30H41F3N2O7/c1-37-15-17-39-21-41-27-25(19-23-9-5-3-6-10-23)34-29(36)35(14-13-30(31,32)33)26(20-24-11-7-4-8-12-24)28(27)42-22-40-18-16-38-2/h3-12,25-28H,13-22H2,1-2H3,(H,34,36)/t25-,26?,27?,28?/m0/s1. The van der Waals surface area contributed by atoms with E-state index in [1.54, 1.807) is 14.2 Å². The zero-order valence-corrected chi connectivity index (χ0v) is 24.1. The van der Waals surface area contributed by atoms with Crippen molar-refractivity contribution < 1.29 is 46.4 Å². The van der Waals surface area contributed by atoms with Gasteiger partial charge in [-0.3, -0.25) is 0 Å². The molecule has 0 aliphatic carbocycles. The Morgan fingerprint density at radius 3 is 1.81 bits per heavy atom. The summed E-state index contributed by atoms with van der Waals surface area (Å²) in [6, 6.07) is 16.6. The van der Waals surface area contributed by atoms with Crippen molar-refractivity contribution in [2.45, 2.75) is 49.7 Å². The van der Waals surface area contributed by atoms with E-state index in [4.69, 9.17) is 28.4 Å². The minimum atomic E-state index is -4.46.